The summed E-state index contributed by atoms with van der Waals surface area (Å²) in [6.07, 6.45) is 0.733. The van der Waals surface area contributed by atoms with Crippen LogP contribution in [0.15, 0.2) is 21.2 Å². The molecule has 0 saturated carbocycles. The van der Waals surface area contributed by atoms with Crippen LogP contribution in [0.5, 0.6) is 0 Å². The third kappa shape index (κ3) is 2.60. The van der Waals surface area contributed by atoms with Crippen molar-refractivity contribution in [3.63, 3.8) is 0 Å². The van der Waals surface area contributed by atoms with Crippen molar-refractivity contribution in [3.05, 3.63) is 22.6 Å². The van der Waals surface area contributed by atoms with E-state index >= 15 is 0 Å². The molecule has 1 aliphatic rings. The van der Waals surface area contributed by atoms with E-state index in [1.54, 1.807) is 0 Å². The first-order valence-electron chi connectivity index (χ1n) is 4.84. The lowest BCUT2D eigenvalue weighted by Crippen LogP contribution is -2.22. The second-order valence-electron chi connectivity index (χ2n) is 3.76. The molecule has 1 aromatic rings. The molecule has 15 heavy (non-hydrogen) atoms. The van der Waals surface area contributed by atoms with Crippen molar-refractivity contribution >= 4 is 21.9 Å². The van der Waals surface area contributed by atoms with E-state index in [9.17, 15) is 4.79 Å². The van der Waals surface area contributed by atoms with Crippen LogP contribution in [-0.4, -0.2) is 29.1 Å². The molecule has 1 atom stereocenters. The summed E-state index contributed by atoms with van der Waals surface area (Å²) in [6.45, 7) is 2.14. The summed E-state index contributed by atoms with van der Waals surface area (Å²) in [5.41, 5.74) is 0. The van der Waals surface area contributed by atoms with Crippen molar-refractivity contribution in [3.8, 4) is 0 Å². The van der Waals surface area contributed by atoms with Gasteiger partial charge in [0.1, 0.15) is 5.76 Å². The maximum absolute atomic E-state index is 10.7. The summed E-state index contributed by atoms with van der Waals surface area (Å²) < 4.78 is 6.08. The summed E-state index contributed by atoms with van der Waals surface area (Å²) in [4.78, 5) is 12.8. The van der Waals surface area contributed by atoms with Crippen LogP contribution in [0, 0.1) is 5.92 Å². The molecule has 0 radical (unpaired) electrons. The van der Waals surface area contributed by atoms with E-state index in [2.05, 4.69) is 20.8 Å². The number of rotatable bonds is 3. The molecule has 0 aromatic carbocycles. The Labute approximate surface area is 96.0 Å². The van der Waals surface area contributed by atoms with E-state index in [1.165, 1.54) is 0 Å². The molecule has 1 N–H and O–H groups in total. The Morgan fingerprint density at radius 1 is 1.67 bits per heavy atom. The highest BCUT2D eigenvalue weighted by Gasteiger charge is 2.28. The summed E-state index contributed by atoms with van der Waals surface area (Å²) in [7, 11) is 0. The van der Waals surface area contributed by atoms with E-state index in [-0.39, 0.29) is 5.92 Å². The first-order chi connectivity index (χ1) is 7.15. The Bertz CT molecular complexity index is 363. The van der Waals surface area contributed by atoms with E-state index in [0.717, 1.165) is 18.7 Å². The van der Waals surface area contributed by atoms with E-state index in [1.807, 2.05) is 12.1 Å². The zero-order valence-corrected chi connectivity index (χ0v) is 9.74. The highest BCUT2D eigenvalue weighted by Crippen LogP contribution is 2.21. The highest BCUT2D eigenvalue weighted by atomic mass is 79.9. The molecule has 2 heterocycles. The SMILES string of the molecule is O=C(O)[C@H]1CCN(Cc2ccc(Br)o2)C1. The van der Waals surface area contributed by atoms with Crippen molar-refractivity contribution in [2.24, 2.45) is 5.92 Å². The molecule has 2 rings (SSSR count). The number of halogens is 1. The third-order valence-corrected chi connectivity index (χ3v) is 3.06. The molecule has 1 fully saturated rings. The average molecular weight is 274 g/mol. The van der Waals surface area contributed by atoms with E-state index in [0.29, 0.717) is 17.8 Å². The van der Waals surface area contributed by atoms with Gasteiger partial charge in [-0.05, 0) is 41.0 Å². The minimum absolute atomic E-state index is 0.219. The Morgan fingerprint density at radius 2 is 2.47 bits per heavy atom. The van der Waals surface area contributed by atoms with Gasteiger partial charge in [-0.25, -0.2) is 0 Å². The van der Waals surface area contributed by atoms with Crippen molar-refractivity contribution in [2.75, 3.05) is 13.1 Å². The molecule has 0 aliphatic carbocycles. The Balaban J connectivity index is 1.90. The molecule has 1 aliphatic heterocycles. The van der Waals surface area contributed by atoms with Gasteiger partial charge in [0, 0.05) is 6.54 Å². The fourth-order valence-electron chi connectivity index (χ4n) is 1.83. The minimum Gasteiger partial charge on any atom is -0.481 e. The van der Waals surface area contributed by atoms with Gasteiger partial charge in [0.15, 0.2) is 4.67 Å². The summed E-state index contributed by atoms with van der Waals surface area (Å²) in [5.74, 6) is -0.0468. The van der Waals surface area contributed by atoms with Crippen LogP contribution in [0.1, 0.15) is 12.2 Å². The predicted octanol–water partition coefficient (Wildman–Crippen LogP) is 1.95. The maximum Gasteiger partial charge on any atom is 0.307 e. The van der Waals surface area contributed by atoms with Crippen LogP contribution in [-0.2, 0) is 11.3 Å². The fraction of sp³-hybridized carbons (Fsp3) is 0.500. The molecule has 0 spiro atoms. The Hall–Kier alpha value is -0.810. The molecule has 82 valence electrons. The molecule has 4 nitrogen and oxygen atoms in total. The van der Waals surface area contributed by atoms with Gasteiger partial charge in [-0.1, -0.05) is 0 Å². The molecule has 5 heteroatoms. The quantitative estimate of drug-likeness (QED) is 0.915. The second kappa shape index (κ2) is 4.37. The third-order valence-electron chi connectivity index (χ3n) is 2.63. The number of aliphatic carboxylic acids is 1. The van der Waals surface area contributed by atoms with Crippen molar-refractivity contribution in [2.45, 2.75) is 13.0 Å². The monoisotopic (exact) mass is 273 g/mol. The number of hydrogen-bond donors (Lipinski definition) is 1. The van der Waals surface area contributed by atoms with E-state index in [4.69, 9.17) is 9.52 Å². The maximum atomic E-state index is 10.7. The fourth-order valence-corrected chi connectivity index (χ4v) is 2.18. The van der Waals surface area contributed by atoms with Crippen molar-refractivity contribution < 1.29 is 14.3 Å². The molecule has 0 amide bonds. The number of carboxylic acids is 1. The standard InChI is InChI=1S/C10H12BrNO3/c11-9-2-1-8(15-9)6-12-4-3-7(5-12)10(13)14/h1-2,7H,3-6H2,(H,13,14)/t7-/m0/s1. The molecule has 1 aromatic heterocycles. The zero-order chi connectivity index (χ0) is 10.8. The van der Waals surface area contributed by atoms with Crippen LogP contribution in [0.4, 0.5) is 0 Å². The Kier molecular flexibility index (Phi) is 3.11. The van der Waals surface area contributed by atoms with Crippen LogP contribution in [0.2, 0.25) is 0 Å². The first kappa shape index (κ1) is 10.7. The largest absolute Gasteiger partial charge is 0.481 e. The summed E-state index contributed by atoms with van der Waals surface area (Å²) in [5, 5.41) is 8.84. The smallest absolute Gasteiger partial charge is 0.307 e. The molecule has 0 unspecified atom stereocenters. The van der Waals surface area contributed by atoms with E-state index < -0.39 is 5.97 Å². The highest BCUT2D eigenvalue weighted by molar-refractivity contribution is 9.10. The first-order valence-corrected chi connectivity index (χ1v) is 5.64. The van der Waals surface area contributed by atoms with Crippen LogP contribution >= 0.6 is 15.9 Å². The van der Waals surface area contributed by atoms with Crippen LogP contribution < -0.4 is 0 Å². The molecular weight excluding hydrogens is 262 g/mol. The van der Waals surface area contributed by atoms with Gasteiger partial charge in [0.2, 0.25) is 0 Å². The van der Waals surface area contributed by atoms with Gasteiger partial charge < -0.3 is 9.52 Å². The van der Waals surface area contributed by atoms with Gasteiger partial charge in [-0.3, -0.25) is 9.69 Å². The van der Waals surface area contributed by atoms with Gasteiger partial charge in [-0.15, -0.1) is 0 Å². The lowest BCUT2D eigenvalue weighted by Gasteiger charge is -2.12. The van der Waals surface area contributed by atoms with Crippen LogP contribution in [0.3, 0.4) is 0 Å². The second-order valence-corrected chi connectivity index (χ2v) is 4.55. The number of likely N-dealkylation sites (tertiary alicyclic amines) is 1. The van der Waals surface area contributed by atoms with Crippen molar-refractivity contribution in [1.29, 1.82) is 0 Å². The lowest BCUT2D eigenvalue weighted by atomic mass is 10.1. The molecular formula is C10H12BrNO3. The van der Waals surface area contributed by atoms with Gasteiger partial charge in [0.25, 0.3) is 0 Å². The van der Waals surface area contributed by atoms with Gasteiger partial charge >= 0.3 is 5.97 Å². The van der Waals surface area contributed by atoms with Gasteiger partial charge in [-0.2, -0.15) is 0 Å². The number of carboxylic acid groups (broad SMARTS) is 1. The number of hydrogen-bond acceptors (Lipinski definition) is 3. The minimum atomic E-state index is -0.696. The predicted molar refractivity (Wildman–Crippen MR) is 57.4 cm³/mol. The van der Waals surface area contributed by atoms with Crippen LogP contribution in [0.25, 0.3) is 0 Å². The molecule has 1 saturated heterocycles. The lowest BCUT2D eigenvalue weighted by molar-refractivity contribution is -0.141. The topological polar surface area (TPSA) is 53.7 Å². The number of carbonyl (C=O) groups is 1. The number of nitrogens with zero attached hydrogens (tertiary/aromatic N) is 1. The summed E-state index contributed by atoms with van der Waals surface area (Å²) >= 11 is 3.24. The Morgan fingerprint density at radius 3 is 3.00 bits per heavy atom. The molecule has 0 bridgehead atoms. The number of furan rings is 1. The summed E-state index contributed by atoms with van der Waals surface area (Å²) in [6, 6.07) is 3.75. The van der Waals surface area contributed by atoms with Gasteiger partial charge in [0.05, 0.1) is 12.5 Å². The zero-order valence-electron chi connectivity index (χ0n) is 8.15. The average Bonchev–Trinajstić information content (AvgIpc) is 2.76. The van der Waals surface area contributed by atoms with Crippen molar-refractivity contribution in [1.82, 2.24) is 4.90 Å². The normalized spacial score (nSPS) is 22.1.